The fourth-order valence-electron chi connectivity index (χ4n) is 3.70. The van der Waals surface area contributed by atoms with Crippen molar-refractivity contribution in [3.63, 3.8) is 0 Å². The highest BCUT2D eigenvalue weighted by Gasteiger charge is 2.31. The molecular formula is C19H35N5O2S2. The van der Waals surface area contributed by atoms with Crippen molar-refractivity contribution in [1.29, 1.82) is 0 Å². The summed E-state index contributed by atoms with van der Waals surface area (Å²) in [4.78, 5) is 8.20. The number of thiophene rings is 1. The second-order valence-electron chi connectivity index (χ2n) is 7.30. The van der Waals surface area contributed by atoms with Crippen LogP contribution in [-0.4, -0.2) is 76.7 Å². The molecule has 28 heavy (non-hydrogen) atoms. The maximum atomic E-state index is 11.8. The van der Waals surface area contributed by atoms with Crippen molar-refractivity contribution in [1.82, 2.24) is 19.8 Å². The Hall–Kier alpha value is -1.16. The van der Waals surface area contributed by atoms with Crippen molar-refractivity contribution in [3.05, 3.63) is 22.4 Å². The third-order valence-corrected chi connectivity index (χ3v) is 8.18. The standard InChI is InChI=1S/C19H35N5O2S2/c1-5-28(25,26)24(4)13-8-11-21-19(20-2)22-15-16-9-6-12-23(3)18(16)17-10-7-14-27-17/h7,10,14,16,18H,5-6,8-9,11-13,15H2,1-4H3,(H2,20,21,22). The number of sulfonamides is 1. The van der Waals surface area contributed by atoms with E-state index in [4.69, 9.17) is 0 Å². The number of hydrogen-bond acceptors (Lipinski definition) is 5. The first-order valence-corrected chi connectivity index (χ1v) is 12.5. The van der Waals surface area contributed by atoms with Gasteiger partial charge in [0, 0.05) is 44.6 Å². The Morgan fingerprint density at radius 1 is 1.43 bits per heavy atom. The Kier molecular flexibility index (Phi) is 9.20. The van der Waals surface area contributed by atoms with E-state index in [9.17, 15) is 8.42 Å². The SMILES string of the molecule is CCS(=O)(=O)N(C)CCCNC(=NC)NCC1CCCN(C)C1c1cccs1. The molecule has 1 fully saturated rings. The smallest absolute Gasteiger partial charge is 0.213 e. The van der Waals surface area contributed by atoms with E-state index < -0.39 is 10.0 Å². The molecule has 2 heterocycles. The molecule has 7 nitrogen and oxygen atoms in total. The summed E-state index contributed by atoms with van der Waals surface area (Å²) in [5.41, 5.74) is 0. The molecule has 0 aromatic carbocycles. The molecule has 1 aromatic heterocycles. The molecule has 0 radical (unpaired) electrons. The molecule has 2 N–H and O–H groups in total. The van der Waals surface area contributed by atoms with Crippen LogP contribution in [0.2, 0.25) is 0 Å². The van der Waals surface area contributed by atoms with Gasteiger partial charge in [-0.2, -0.15) is 0 Å². The Bertz CT molecular complexity index is 706. The van der Waals surface area contributed by atoms with Crippen LogP contribution in [0.5, 0.6) is 0 Å². The summed E-state index contributed by atoms with van der Waals surface area (Å²) in [5, 5.41) is 8.92. The Labute approximate surface area is 174 Å². The van der Waals surface area contributed by atoms with Gasteiger partial charge in [0.2, 0.25) is 10.0 Å². The zero-order chi connectivity index (χ0) is 20.6. The molecule has 1 aliphatic heterocycles. The number of guanidine groups is 1. The zero-order valence-corrected chi connectivity index (χ0v) is 19.2. The lowest BCUT2D eigenvalue weighted by molar-refractivity contribution is 0.125. The van der Waals surface area contributed by atoms with E-state index in [1.54, 1.807) is 21.0 Å². The Morgan fingerprint density at radius 2 is 2.21 bits per heavy atom. The van der Waals surface area contributed by atoms with Gasteiger partial charge in [-0.3, -0.25) is 9.89 Å². The van der Waals surface area contributed by atoms with Gasteiger partial charge in [0.15, 0.2) is 5.96 Å². The quantitative estimate of drug-likeness (QED) is 0.357. The molecule has 9 heteroatoms. The predicted molar refractivity (Wildman–Crippen MR) is 118 cm³/mol. The molecule has 0 amide bonds. The summed E-state index contributed by atoms with van der Waals surface area (Å²) in [5.74, 6) is 1.46. The maximum Gasteiger partial charge on any atom is 0.213 e. The van der Waals surface area contributed by atoms with Crippen LogP contribution in [0.25, 0.3) is 0 Å². The number of piperidine rings is 1. The van der Waals surface area contributed by atoms with E-state index in [0.717, 1.165) is 25.5 Å². The summed E-state index contributed by atoms with van der Waals surface area (Å²) in [6.07, 6.45) is 3.16. The first kappa shape index (κ1) is 23.1. The normalized spacial score (nSPS) is 21.8. The molecule has 160 valence electrons. The lowest BCUT2D eigenvalue weighted by Crippen LogP contribution is -2.45. The summed E-state index contributed by atoms with van der Waals surface area (Å²) in [6.45, 7) is 4.87. The highest BCUT2D eigenvalue weighted by atomic mass is 32.2. The molecule has 1 aliphatic rings. The van der Waals surface area contributed by atoms with Crippen LogP contribution in [-0.2, 0) is 10.0 Å². The number of aliphatic imine (C=N–C) groups is 1. The Balaban J connectivity index is 1.79. The van der Waals surface area contributed by atoms with Crippen molar-refractivity contribution in [2.45, 2.75) is 32.2 Å². The van der Waals surface area contributed by atoms with Crippen LogP contribution < -0.4 is 10.6 Å². The number of nitrogens with one attached hydrogen (secondary N) is 2. The van der Waals surface area contributed by atoms with E-state index in [1.807, 2.05) is 11.3 Å². The third kappa shape index (κ3) is 6.43. The molecule has 0 spiro atoms. The van der Waals surface area contributed by atoms with Gasteiger partial charge in [0.05, 0.1) is 5.75 Å². The van der Waals surface area contributed by atoms with Gasteiger partial charge in [-0.1, -0.05) is 6.07 Å². The first-order chi connectivity index (χ1) is 13.4. The van der Waals surface area contributed by atoms with Gasteiger partial charge in [-0.25, -0.2) is 12.7 Å². The van der Waals surface area contributed by atoms with Gasteiger partial charge in [-0.15, -0.1) is 11.3 Å². The highest BCUT2D eigenvalue weighted by Crippen LogP contribution is 2.36. The fourth-order valence-corrected chi connectivity index (χ4v) is 5.53. The summed E-state index contributed by atoms with van der Waals surface area (Å²) in [6, 6.07) is 4.81. The van der Waals surface area contributed by atoms with E-state index in [2.05, 4.69) is 45.1 Å². The molecule has 2 unspecified atom stereocenters. The second kappa shape index (κ2) is 11.1. The number of nitrogens with zero attached hydrogens (tertiary/aromatic N) is 3. The molecular weight excluding hydrogens is 394 g/mol. The van der Waals surface area contributed by atoms with Crippen LogP contribution >= 0.6 is 11.3 Å². The van der Waals surface area contributed by atoms with Crippen LogP contribution in [0.4, 0.5) is 0 Å². The minimum atomic E-state index is -3.11. The average molecular weight is 430 g/mol. The van der Waals surface area contributed by atoms with E-state index in [-0.39, 0.29) is 5.75 Å². The predicted octanol–water partition coefficient (Wildman–Crippen LogP) is 1.97. The van der Waals surface area contributed by atoms with Crippen LogP contribution in [0.1, 0.15) is 37.1 Å². The number of hydrogen-bond donors (Lipinski definition) is 2. The number of likely N-dealkylation sites (tertiary alicyclic amines) is 1. The average Bonchev–Trinajstić information content (AvgIpc) is 3.21. The third-order valence-electron chi connectivity index (χ3n) is 5.38. The van der Waals surface area contributed by atoms with Gasteiger partial charge in [0.1, 0.15) is 0 Å². The largest absolute Gasteiger partial charge is 0.356 e. The molecule has 0 bridgehead atoms. The van der Waals surface area contributed by atoms with E-state index in [0.29, 0.717) is 25.0 Å². The topological polar surface area (TPSA) is 77.0 Å². The van der Waals surface area contributed by atoms with Gasteiger partial charge >= 0.3 is 0 Å². The lowest BCUT2D eigenvalue weighted by Gasteiger charge is -2.39. The monoisotopic (exact) mass is 429 g/mol. The van der Waals surface area contributed by atoms with Crippen molar-refractivity contribution >= 4 is 27.3 Å². The first-order valence-electron chi connectivity index (χ1n) is 10.0. The summed E-state index contributed by atoms with van der Waals surface area (Å²) >= 11 is 1.83. The summed E-state index contributed by atoms with van der Waals surface area (Å²) < 4.78 is 25.0. The maximum absolute atomic E-state index is 11.8. The molecule has 0 aliphatic carbocycles. The van der Waals surface area contributed by atoms with Crippen molar-refractivity contribution in [2.75, 3.05) is 53.1 Å². The van der Waals surface area contributed by atoms with E-state index >= 15 is 0 Å². The minimum Gasteiger partial charge on any atom is -0.356 e. The zero-order valence-electron chi connectivity index (χ0n) is 17.5. The summed E-state index contributed by atoms with van der Waals surface area (Å²) in [7, 11) is 2.51. The van der Waals surface area contributed by atoms with Crippen molar-refractivity contribution < 1.29 is 8.42 Å². The molecule has 2 rings (SSSR count). The van der Waals surface area contributed by atoms with Gasteiger partial charge in [0.25, 0.3) is 0 Å². The van der Waals surface area contributed by atoms with E-state index in [1.165, 1.54) is 22.0 Å². The number of rotatable bonds is 9. The second-order valence-corrected chi connectivity index (χ2v) is 10.6. The molecule has 2 atom stereocenters. The van der Waals surface area contributed by atoms with Crippen LogP contribution in [0, 0.1) is 5.92 Å². The minimum absolute atomic E-state index is 0.140. The highest BCUT2D eigenvalue weighted by molar-refractivity contribution is 7.89. The van der Waals surface area contributed by atoms with Crippen molar-refractivity contribution in [3.8, 4) is 0 Å². The van der Waals surface area contributed by atoms with Gasteiger partial charge in [-0.05, 0) is 57.1 Å². The van der Waals surface area contributed by atoms with Crippen LogP contribution in [0.3, 0.4) is 0 Å². The molecule has 1 saturated heterocycles. The fraction of sp³-hybridized carbons (Fsp3) is 0.737. The van der Waals surface area contributed by atoms with Crippen molar-refractivity contribution in [2.24, 2.45) is 10.9 Å². The Morgan fingerprint density at radius 3 is 2.86 bits per heavy atom. The molecule has 0 saturated carbocycles. The van der Waals surface area contributed by atoms with Crippen LogP contribution in [0.15, 0.2) is 22.5 Å². The molecule has 1 aromatic rings. The van der Waals surface area contributed by atoms with Gasteiger partial charge < -0.3 is 10.6 Å². The lowest BCUT2D eigenvalue weighted by atomic mass is 9.88.